The molecule has 1 aromatic heterocycles. The van der Waals surface area contributed by atoms with Crippen LogP contribution in [0, 0.1) is 0 Å². The Morgan fingerprint density at radius 3 is 2.76 bits per heavy atom. The summed E-state index contributed by atoms with van der Waals surface area (Å²) in [6.45, 7) is 9.59. The second-order valence-corrected chi connectivity index (χ2v) is 8.69. The average Bonchev–Trinajstić information content (AvgIpc) is 3.21. The van der Waals surface area contributed by atoms with Gasteiger partial charge in [-0.15, -0.1) is 0 Å². The molecule has 0 amide bonds. The lowest BCUT2D eigenvalue weighted by Crippen LogP contribution is -2.58. The van der Waals surface area contributed by atoms with E-state index in [4.69, 9.17) is 14.3 Å². The molecule has 0 N–H and O–H groups in total. The number of fused-ring (bicyclic) bond motifs is 1. The summed E-state index contributed by atoms with van der Waals surface area (Å²) in [6, 6.07) is 4.04. The number of carbonyl (C=O) groups excluding carboxylic acids is 1. The van der Waals surface area contributed by atoms with E-state index in [1.54, 1.807) is 19.1 Å². The smallest absolute Gasteiger partial charge is 0.379 e. The van der Waals surface area contributed by atoms with E-state index in [9.17, 15) is 9.18 Å². The highest BCUT2D eigenvalue weighted by Crippen LogP contribution is 2.41. The van der Waals surface area contributed by atoms with E-state index in [2.05, 4.69) is 15.0 Å². The number of esters is 1. The maximum absolute atomic E-state index is 13.9. The van der Waals surface area contributed by atoms with Crippen molar-refractivity contribution >= 4 is 23.7 Å². The monoisotopic (exact) mass is 510 g/mol. The van der Waals surface area contributed by atoms with E-state index in [0.717, 1.165) is 42.9 Å². The van der Waals surface area contributed by atoms with Gasteiger partial charge >= 0.3 is 11.7 Å². The van der Waals surface area contributed by atoms with E-state index in [0.29, 0.717) is 37.6 Å². The summed E-state index contributed by atoms with van der Waals surface area (Å²) in [4.78, 5) is 27.9. The minimum atomic E-state index is -1.55. The van der Waals surface area contributed by atoms with E-state index in [-0.39, 0.29) is 12.4 Å². The molecule has 1 aromatic rings. The number of hydrogen-bond donors (Lipinski definition) is 0. The molecule has 0 saturated carbocycles. The normalized spacial score (nSPS) is 24.1. The van der Waals surface area contributed by atoms with Gasteiger partial charge in [-0.1, -0.05) is 31.2 Å². The molecule has 37 heavy (non-hydrogen) atoms. The first-order valence-electron chi connectivity index (χ1n) is 13.1. The Hall–Kier alpha value is -3.46. The summed E-state index contributed by atoms with van der Waals surface area (Å²) in [5.74, 6) is 0.592. The van der Waals surface area contributed by atoms with Gasteiger partial charge < -0.3 is 24.1 Å². The van der Waals surface area contributed by atoms with Crippen molar-refractivity contribution in [2.45, 2.75) is 45.8 Å². The molecule has 5 rings (SSSR count). The van der Waals surface area contributed by atoms with Crippen molar-refractivity contribution in [2.24, 2.45) is 5.16 Å². The summed E-state index contributed by atoms with van der Waals surface area (Å²) < 4.78 is 24.7. The van der Waals surface area contributed by atoms with Crippen LogP contribution in [0.2, 0.25) is 0 Å². The van der Waals surface area contributed by atoms with Crippen molar-refractivity contribution in [2.75, 3.05) is 44.4 Å². The summed E-state index contributed by atoms with van der Waals surface area (Å²) in [7, 11) is 0. The number of halogens is 1. The van der Waals surface area contributed by atoms with Crippen LogP contribution in [0.4, 0.5) is 10.2 Å². The van der Waals surface area contributed by atoms with Gasteiger partial charge in [-0.2, -0.15) is 0 Å². The highest BCUT2D eigenvalue weighted by molar-refractivity contribution is 6.06. The Balaban J connectivity index is 0.00000156. The summed E-state index contributed by atoms with van der Waals surface area (Å²) >= 11 is 0. The summed E-state index contributed by atoms with van der Waals surface area (Å²) in [5.41, 5.74) is 0.928. The SMILES string of the molecule is CC.CCOC(=O)C1(C2=CC=C(F)C=CC2)ON=C2/C(=C/c3ccc(N4CCOCC4)nc3)CCCN21. The van der Waals surface area contributed by atoms with Gasteiger partial charge in [-0.05, 0) is 67.7 Å². The zero-order chi connectivity index (χ0) is 26.3. The van der Waals surface area contributed by atoms with Crippen LogP contribution < -0.4 is 4.90 Å². The first-order chi connectivity index (χ1) is 18.1. The number of oxime groups is 1. The van der Waals surface area contributed by atoms with Gasteiger partial charge in [0.25, 0.3) is 0 Å². The molecule has 8 nitrogen and oxygen atoms in total. The first-order valence-corrected chi connectivity index (χ1v) is 13.1. The van der Waals surface area contributed by atoms with Crippen LogP contribution in [0.15, 0.2) is 64.8 Å². The van der Waals surface area contributed by atoms with Crippen molar-refractivity contribution in [3.63, 3.8) is 0 Å². The third-order valence-corrected chi connectivity index (χ3v) is 6.51. The third kappa shape index (κ3) is 5.46. The number of piperidine rings is 1. The average molecular weight is 511 g/mol. The van der Waals surface area contributed by atoms with Crippen LogP contribution in [0.1, 0.15) is 45.6 Å². The Labute approximate surface area is 217 Å². The van der Waals surface area contributed by atoms with Crippen LogP contribution in [0.25, 0.3) is 6.08 Å². The highest BCUT2D eigenvalue weighted by atomic mass is 19.1. The Morgan fingerprint density at radius 2 is 2.03 bits per heavy atom. The number of rotatable bonds is 5. The van der Waals surface area contributed by atoms with Crippen molar-refractivity contribution in [3.8, 4) is 0 Å². The fraction of sp³-hybridized carbons (Fsp3) is 0.464. The van der Waals surface area contributed by atoms with E-state index in [1.807, 2.05) is 43.2 Å². The fourth-order valence-corrected chi connectivity index (χ4v) is 4.79. The molecule has 0 radical (unpaired) electrons. The molecular weight excluding hydrogens is 475 g/mol. The summed E-state index contributed by atoms with van der Waals surface area (Å²) in [5, 5.41) is 4.36. The highest BCUT2D eigenvalue weighted by Gasteiger charge is 2.57. The van der Waals surface area contributed by atoms with E-state index >= 15 is 0 Å². The topological polar surface area (TPSA) is 76.5 Å². The number of anilines is 1. The van der Waals surface area contributed by atoms with E-state index < -0.39 is 11.7 Å². The molecule has 198 valence electrons. The van der Waals surface area contributed by atoms with Gasteiger partial charge in [0, 0.05) is 31.4 Å². The second-order valence-electron chi connectivity index (χ2n) is 8.69. The Bertz CT molecular complexity index is 1120. The lowest BCUT2D eigenvalue weighted by Gasteiger charge is -2.38. The molecule has 3 aliphatic heterocycles. The van der Waals surface area contributed by atoms with Crippen molar-refractivity contribution in [1.82, 2.24) is 9.88 Å². The minimum absolute atomic E-state index is 0.199. The quantitative estimate of drug-likeness (QED) is 0.529. The number of pyridine rings is 1. The molecule has 1 atom stereocenters. The molecule has 0 bridgehead atoms. The number of allylic oxidation sites excluding steroid dienone is 5. The van der Waals surface area contributed by atoms with Crippen LogP contribution >= 0.6 is 0 Å². The van der Waals surface area contributed by atoms with Crippen LogP contribution in [0.5, 0.6) is 0 Å². The number of nitrogens with zero attached hydrogens (tertiary/aromatic N) is 4. The van der Waals surface area contributed by atoms with Gasteiger partial charge in [-0.25, -0.2) is 14.2 Å². The van der Waals surface area contributed by atoms with Crippen LogP contribution in [0.3, 0.4) is 0 Å². The molecule has 2 saturated heterocycles. The predicted octanol–water partition coefficient (Wildman–Crippen LogP) is 4.77. The number of amidine groups is 1. The zero-order valence-electron chi connectivity index (χ0n) is 21.8. The molecule has 0 spiro atoms. The first kappa shape index (κ1) is 26.6. The van der Waals surface area contributed by atoms with Crippen molar-refractivity contribution in [1.29, 1.82) is 0 Å². The van der Waals surface area contributed by atoms with Gasteiger partial charge in [0.05, 0.1) is 19.8 Å². The maximum atomic E-state index is 13.9. The van der Waals surface area contributed by atoms with Gasteiger partial charge in [0.1, 0.15) is 11.6 Å². The Kier molecular flexibility index (Phi) is 8.76. The van der Waals surface area contributed by atoms with Crippen LogP contribution in [-0.2, 0) is 19.1 Å². The number of aromatic nitrogens is 1. The minimum Gasteiger partial charge on any atom is -0.461 e. The maximum Gasteiger partial charge on any atom is 0.379 e. The molecule has 0 aromatic carbocycles. The lowest BCUT2D eigenvalue weighted by atomic mass is 9.92. The van der Waals surface area contributed by atoms with Crippen molar-refractivity contribution in [3.05, 3.63) is 65.2 Å². The zero-order valence-corrected chi connectivity index (χ0v) is 21.8. The van der Waals surface area contributed by atoms with E-state index in [1.165, 1.54) is 12.2 Å². The molecule has 9 heteroatoms. The molecule has 1 unspecified atom stereocenters. The van der Waals surface area contributed by atoms with Gasteiger partial charge in [0.2, 0.25) is 0 Å². The molecule has 4 aliphatic rings. The molecular formula is C28H35FN4O4. The number of carbonyl (C=O) groups is 1. The molecule has 1 aliphatic carbocycles. The fourth-order valence-electron chi connectivity index (χ4n) is 4.79. The predicted molar refractivity (Wildman–Crippen MR) is 141 cm³/mol. The van der Waals surface area contributed by atoms with Gasteiger partial charge in [0.15, 0.2) is 5.84 Å². The number of morpholine rings is 1. The number of ether oxygens (including phenoxy) is 2. The molecule has 2 fully saturated rings. The molecule has 4 heterocycles. The van der Waals surface area contributed by atoms with Crippen LogP contribution in [-0.4, -0.2) is 66.9 Å². The Morgan fingerprint density at radius 1 is 1.22 bits per heavy atom. The lowest BCUT2D eigenvalue weighted by molar-refractivity contribution is -0.178. The largest absolute Gasteiger partial charge is 0.461 e. The number of hydrogen-bond acceptors (Lipinski definition) is 8. The standard InChI is InChI=1S/C26H29FN4O4.C2H6/c1-2-34-25(32)26(21-6-3-7-22(27)10-9-21)31-12-4-5-20(24(31)29-35-26)17-19-8-11-23(28-18-19)30-13-15-33-16-14-30;1-2/h3,7-11,17-18H,2,4-6,12-16H2,1H3;1-2H3/b20-17+;. The summed E-state index contributed by atoms with van der Waals surface area (Å²) in [6.07, 6.45) is 11.8. The van der Waals surface area contributed by atoms with Crippen molar-refractivity contribution < 1.29 is 23.5 Å². The van der Waals surface area contributed by atoms with Gasteiger partial charge in [-0.3, -0.25) is 0 Å². The third-order valence-electron chi connectivity index (χ3n) is 6.51. The second kappa shape index (κ2) is 12.2.